The maximum atomic E-state index is 13.1. The van der Waals surface area contributed by atoms with E-state index in [0.717, 1.165) is 11.4 Å². The van der Waals surface area contributed by atoms with Crippen LogP contribution in [0.15, 0.2) is 97.1 Å². The number of pyridine rings is 2. The van der Waals surface area contributed by atoms with Crippen LogP contribution in [0.5, 0.6) is 0 Å². The summed E-state index contributed by atoms with van der Waals surface area (Å²) < 4.78 is 0. The number of benzene rings is 2. The molecule has 156 valence electrons. The van der Waals surface area contributed by atoms with Gasteiger partial charge in [-0.3, -0.25) is 4.79 Å². The van der Waals surface area contributed by atoms with Gasteiger partial charge in [-0.05, 0) is 35.4 Å². The Bertz CT molecular complexity index is 1060. The molecule has 0 aliphatic heterocycles. The summed E-state index contributed by atoms with van der Waals surface area (Å²) in [7, 11) is 0. The van der Waals surface area contributed by atoms with Gasteiger partial charge >= 0.3 is 0 Å². The number of aromatic nitrogens is 2. The van der Waals surface area contributed by atoms with Crippen molar-refractivity contribution in [3.8, 4) is 0 Å². The van der Waals surface area contributed by atoms with E-state index in [1.807, 2.05) is 60.7 Å². The van der Waals surface area contributed by atoms with Gasteiger partial charge in [0.2, 0.25) is 5.78 Å². The maximum Gasteiger partial charge on any atom is 0.229 e. The third-order valence-corrected chi connectivity index (χ3v) is 5.49. The third kappa shape index (κ3) is 5.15. The molecule has 0 bridgehead atoms. The van der Waals surface area contributed by atoms with Crippen LogP contribution in [-0.2, 0) is 0 Å². The Labute approximate surface area is 194 Å². The summed E-state index contributed by atoms with van der Waals surface area (Å²) in [5, 5.41) is 0. The lowest BCUT2D eigenvalue weighted by Crippen LogP contribution is -2.11. The van der Waals surface area contributed by atoms with E-state index in [1.54, 1.807) is 12.1 Å². The first-order chi connectivity index (χ1) is 14.6. The van der Waals surface area contributed by atoms with Crippen LogP contribution in [0.25, 0.3) is 0 Å². The molecule has 4 aromatic rings. The normalized spacial score (nSPS) is 12.5. The standard InChI is InChI=1S/C27H24N2O.BrH/c1-19(21-11-5-3-6-12-21)23-15-9-17-25(28-23)27(30)26-18-10-16-24(29-26)20(2)22-13-7-4-8-14-22;/h3-20H,1-2H3;1H. The summed E-state index contributed by atoms with van der Waals surface area (Å²) in [6.07, 6.45) is 0. The van der Waals surface area contributed by atoms with Crippen molar-refractivity contribution in [1.29, 1.82) is 0 Å². The lowest BCUT2D eigenvalue weighted by Gasteiger charge is -2.13. The summed E-state index contributed by atoms with van der Waals surface area (Å²) in [6.45, 7) is 4.21. The van der Waals surface area contributed by atoms with Crippen LogP contribution in [0.4, 0.5) is 0 Å². The lowest BCUT2D eigenvalue weighted by atomic mass is 9.96. The molecule has 2 heterocycles. The number of hydrogen-bond donors (Lipinski definition) is 0. The number of halogens is 1. The smallest absolute Gasteiger partial charge is 0.229 e. The van der Waals surface area contributed by atoms with Gasteiger partial charge in [0.05, 0.1) is 0 Å². The highest BCUT2D eigenvalue weighted by Crippen LogP contribution is 2.24. The zero-order chi connectivity index (χ0) is 20.9. The van der Waals surface area contributed by atoms with Crippen molar-refractivity contribution in [2.24, 2.45) is 0 Å². The molecule has 2 atom stereocenters. The van der Waals surface area contributed by atoms with Crippen molar-refractivity contribution in [3.63, 3.8) is 0 Å². The molecule has 0 fully saturated rings. The fourth-order valence-corrected chi connectivity index (χ4v) is 3.59. The largest absolute Gasteiger partial charge is 0.285 e. The van der Waals surface area contributed by atoms with Crippen LogP contribution in [0, 0.1) is 0 Å². The second-order valence-corrected chi connectivity index (χ2v) is 7.49. The molecule has 0 amide bonds. The Morgan fingerprint density at radius 2 is 0.968 bits per heavy atom. The minimum atomic E-state index is -0.153. The molecule has 0 saturated carbocycles. The SMILES string of the molecule is Br.CC(c1ccccc1)c1cccc(C(=O)c2cccc(C(C)c3ccccc3)n2)n1. The predicted molar refractivity (Wildman–Crippen MR) is 130 cm³/mol. The van der Waals surface area contributed by atoms with Crippen molar-refractivity contribution in [1.82, 2.24) is 9.97 Å². The molecular formula is C27H25BrN2O. The predicted octanol–water partition coefficient (Wildman–Crippen LogP) is 6.59. The van der Waals surface area contributed by atoms with Gasteiger partial charge in [0, 0.05) is 23.2 Å². The first-order valence-electron chi connectivity index (χ1n) is 10.2. The second kappa shape index (κ2) is 10.3. The van der Waals surface area contributed by atoms with E-state index in [4.69, 9.17) is 0 Å². The fourth-order valence-electron chi connectivity index (χ4n) is 3.59. The lowest BCUT2D eigenvalue weighted by molar-refractivity contribution is 0.102. The topological polar surface area (TPSA) is 42.9 Å². The third-order valence-electron chi connectivity index (χ3n) is 5.49. The van der Waals surface area contributed by atoms with Gasteiger partial charge in [0.15, 0.2) is 0 Å². The van der Waals surface area contributed by atoms with E-state index >= 15 is 0 Å². The fraction of sp³-hybridized carbons (Fsp3) is 0.148. The van der Waals surface area contributed by atoms with Crippen LogP contribution in [0.1, 0.15) is 64.4 Å². The van der Waals surface area contributed by atoms with Crippen molar-refractivity contribution in [2.75, 3.05) is 0 Å². The van der Waals surface area contributed by atoms with Crippen molar-refractivity contribution < 1.29 is 4.79 Å². The van der Waals surface area contributed by atoms with E-state index < -0.39 is 0 Å². The van der Waals surface area contributed by atoms with Crippen molar-refractivity contribution in [2.45, 2.75) is 25.7 Å². The van der Waals surface area contributed by atoms with Gasteiger partial charge in [-0.1, -0.05) is 86.6 Å². The molecule has 4 heteroatoms. The van der Waals surface area contributed by atoms with Gasteiger partial charge in [0.25, 0.3) is 0 Å². The second-order valence-electron chi connectivity index (χ2n) is 7.49. The summed E-state index contributed by atoms with van der Waals surface area (Å²) in [5.41, 5.74) is 4.94. The summed E-state index contributed by atoms with van der Waals surface area (Å²) >= 11 is 0. The molecule has 2 aromatic carbocycles. The van der Waals surface area contributed by atoms with Crippen LogP contribution < -0.4 is 0 Å². The Kier molecular flexibility index (Phi) is 7.48. The molecule has 0 N–H and O–H groups in total. The average Bonchev–Trinajstić information content (AvgIpc) is 2.84. The molecule has 3 nitrogen and oxygen atoms in total. The van der Waals surface area contributed by atoms with E-state index in [1.165, 1.54) is 11.1 Å². The van der Waals surface area contributed by atoms with Crippen molar-refractivity contribution >= 4 is 22.8 Å². The molecule has 0 radical (unpaired) electrons. The first kappa shape index (κ1) is 22.6. The van der Waals surface area contributed by atoms with Crippen LogP contribution in [-0.4, -0.2) is 15.8 Å². The van der Waals surface area contributed by atoms with Gasteiger partial charge in [-0.25, -0.2) is 9.97 Å². The van der Waals surface area contributed by atoms with Gasteiger partial charge in [0.1, 0.15) is 11.4 Å². The first-order valence-corrected chi connectivity index (χ1v) is 10.2. The molecule has 0 saturated heterocycles. The van der Waals surface area contributed by atoms with Crippen LogP contribution >= 0.6 is 17.0 Å². The Morgan fingerprint density at radius 3 is 1.35 bits per heavy atom. The molecular weight excluding hydrogens is 448 g/mol. The quantitative estimate of drug-likeness (QED) is 0.297. The van der Waals surface area contributed by atoms with Gasteiger partial charge in [-0.15, -0.1) is 17.0 Å². The number of rotatable bonds is 6. The molecule has 2 aromatic heterocycles. The minimum Gasteiger partial charge on any atom is -0.285 e. The van der Waals surface area contributed by atoms with Crippen molar-refractivity contribution in [3.05, 3.63) is 131 Å². The van der Waals surface area contributed by atoms with Gasteiger partial charge < -0.3 is 0 Å². The molecule has 0 aliphatic carbocycles. The highest BCUT2D eigenvalue weighted by atomic mass is 79.9. The molecule has 0 aliphatic rings. The summed E-state index contributed by atoms with van der Waals surface area (Å²) in [4.78, 5) is 22.5. The van der Waals surface area contributed by atoms with Crippen LogP contribution in [0.2, 0.25) is 0 Å². The summed E-state index contributed by atoms with van der Waals surface area (Å²) in [6, 6.07) is 31.6. The summed E-state index contributed by atoms with van der Waals surface area (Å²) in [5.74, 6) is 0.0620. The number of hydrogen-bond acceptors (Lipinski definition) is 3. The zero-order valence-corrected chi connectivity index (χ0v) is 19.3. The maximum absolute atomic E-state index is 13.1. The number of nitrogens with zero attached hydrogens (tertiary/aromatic N) is 2. The van der Waals surface area contributed by atoms with E-state index in [2.05, 4.69) is 48.1 Å². The Morgan fingerprint density at radius 1 is 0.581 bits per heavy atom. The molecule has 0 spiro atoms. The average molecular weight is 473 g/mol. The van der Waals surface area contributed by atoms with Crippen LogP contribution in [0.3, 0.4) is 0 Å². The van der Waals surface area contributed by atoms with Gasteiger partial charge in [-0.2, -0.15) is 0 Å². The Hall–Kier alpha value is -3.11. The molecule has 31 heavy (non-hydrogen) atoms. The van der Waals surface area contributed by atoms with E-state index in [-0.39, 0.29) is 34.6 Å². The van der Waals surface area contributed by atoms with E-state index in [9.17, 15) is 4.79 Å². The monoisotopic (exact) mass is 472 g/mol. The van der Waals surface area contributed by atoms with E-state index in [0.29, 0.717) is 11.4 Å². The Balaban J connectivity index is 0.00000272. The number of carbonyl (C=O) groups is 1. The number of ketones is 1. The number of carbonyl (C=O) groups excluding carboxylic acids is 1. The highest BCUT2D eigenvalue weighted by Gasteiger charge is 2.17. The molecule has 2 unspecified atom stereocenters. The minimum absolute atomic E-state index is 0. The highest BCUT2D eigenvalue weighted by molar-refractivity contribution is 8.93. The zero-order valence-electron chi connectivity index (χ0n) is 17.6. The molecule has 4 rings (SSSR count).